The first-order chi connectivity index (χ1) is 11.7. The van der Waals surface area contributed by atoms with Gasteiger partial charge in [-0.2, -0.15) is 0 Å². The van der Waals surface area contributed by atoms with Crippen LogP contribution in [-0.2, 0) is 9.59 Å². The van der Waals surface area contributed by atoms with Crippen LogP contribution in [0.25, 0.3) is 0 Å². The van der Waals surface area contributed by atoms with Crippen LogP contribution in [0.2, 0.25) is 0 Å². The van der Waals surface area contributed by atoms with E-state index in [4.69, 9.17) is 0 Å². The Morgan fingerprint density at radius 2 is 1.69 bits per heavy atom. The lowest BCUT2D eigenvalue weighted by atomic mass is 10.1. The van der Waals surface area contributed by atoms with Crippen molar-refractivity contribution in [2.45, 2.75) is 40.2 Å². The monoisotopic (exact) mass is 482 g/mol. The summed E-state index contributed by atoms with van der Waals surface area (Å²) < 4.78 is 0. The fraction of sp³-hybridized carbons (Fsp3) is 0.824. The lowest BCUT2D eigenvalue weighted by Gasteiger charge is -2.34. The second kappa shape index (κ2) is 12.3. The van der Waals surface area contributed by atoms with Crippen molar-refractivity contribution in [3.63, 3.8) is 0 Å². The van der Waals surface area contributed by atoms with Gasteiger partial charge in [0.2, 0.25) is 11.8 Å². The molecule has 0 unspecified atom stereocenters. The number of hydrogen-bond acceptors (Lipinski definition) is 4. The van der Waals surface area contributed by atoms with E-state index in [1.165, 1.54) is 0 Å². The zero-order valence-corrected chi connectivity index (χ0v) is 19.1. The van der Waals surface area contributed by atoms with Crippen molar-refractivity contribution in [2.75, 3.05) is 52.4 Å². The summed E-state index contributed by atoms with van der Waals surface area (Å²) in [5.74, 6) is 0.701. The van der Waals surface area contributed by atoms with Crippen molar-refractivity contribution in [2.24, 2.45) is 4.99 Å². The average molecular weight is 482 g/mol. The number of nitrogens with one attached hydrogen (secondary N) is 3. The summed E-state index contributed by atoms with van der Waals surface area (Å²) in [7, 11) is 0. The number of hydrogen-bond donors (Lipinski definition) is 3. The van der Waals surface area contributed by atoms with Crippen molar-refractivity contribution in [3.05, 3.63) is 0 Å². The first kappa shape index (κ1) is 24.9. The van der Waals surface area contributed by atoms with Crippen molar-refractivity contribution >= 4 is 41.8 Å². The second-order valence-electron chi connectivity index (χ2n) is 7.27. The molecule has 2 amide bonds. The van der Waals surface area contributed by atoms with Crippen LogP contribution in [0.15, 0.2) is 4.99 Å². The molecule has 0 bridgehead atoms. The van der Waals surface area contributed by atoms with E-state index in [0.29, 0.717) is 5.96 Å². The Balaban J connectivity index is 0.00000625. The van der Waals surface area contributed by atoms with E-state index in [9.17, 15) is 9.59 Å². The number of amides is 2. The molecule has 1 saturated heterocycles. The van der Waals surface area contributed by atoms with Crippen LogP contribution >= 0.6 is 24.0 Å². The summed E-state index contributed by atoms with van der Waals surface area (Å²) in [6, 6.07) is 0. The lowest BCUT2D eigenvalue weighted by molar-refractivity contribution is -0.130. The van der Waals surface area contributed by atoms with Crippen LogP contribution in [0.1, 0.15) is 34.6 Å². The number of guanidine groups is 1. The molecule has 0 aliphatic carbocycles. The van der Waals surface area contributed by atoms with Gasteiger partial charge in [-0.15, -0.1) is 24.0 Å². The van der Waals surface area contributed by atoms with Crippen LogP contribution in [0.4, 0.5) is 0 Å². The Morgan fingerprint density at radius 1 is 1.08 bits per heavy atom. The van der Waals surface area contributed by atoms with Crippen LogP contribution < -0.4 is 16.0 Å². The van der Waals surface area contributed by atoms with Gasteiger partial charge in [-0.25, -0.2) is 4.99 Å². The van der Waals surface area contributed by atoms with Crippen molar-refractivity contribution in [3.8, 4) is 0 Å². The highest BCUT2D eigenvalue weighted by Crippen LogP contribution is 2.01. The highest BCUT2D eigenvalue weighted by Gasteiger charge is 2.18. The number of halogens is 1. The fourth-order valence-corrected chi connectivity index (χ4v) is 2.57. The van der Waals surface area contributed by atoms with Crippen molar-refractivity contribution in [1.29, 1.82) is 0 Å². The zero-order chi connectivity index (χ0) is 18.9. The van der Waals surface area contributed by atoms with E-state index in [-0.39, 0.29) is 47.9 Å². The Morgan fingerprint density at radius 3 is 2.19 bits per heavy atom. The van der Waals surface area contributed by atoms with Gasteiger partial charge in [-0.1, -0.05) is 0 Å². The largest absolute Gasteiger partial charge is 0.357 e. The number of nitrogens with zero attached hydrogens (tertiary/aromatic N) is 3. The summed E-state index contributed by atoms with van der Waals surface area (Å²) in [6.07, 6.45) is 0. The molecular formula is C17H35IN6O2. The summed E-state index contributed by atoms with van der Waals surface area (Å²) in [6.45, 7) is 15.3. The lowest BCUT2D eigenvalue weighted by Crippen LogP contribution is -2.50. The predicted molar refractivity (Wildman–Crippen MR) is 116 cm³/mol. The third-order valence-corrected chi connectivity index (χ3v) is 3.78. The van der Waals surface area contributed by atoms with Gasteiger partial charge in [-0.05, 0) is 27.7 Å². The molecule has 8 nitrogen and oxygen atoms in total. The first-order valence-electron chi connectivity index (χ1n) is 9.02. The smallest absolute Gasteiger partial charge is 0.242 e. The molecule has 0 spiro atoms. The van der Waals surface area contributed by atoms with E-state index in [1.54, 1.807) is 6.92 Å². The molecule has 152 valence electrons. The van der Waals surface area contributed by atoms with E-state index in [2.05, 4.69) is 25.8 Å². The van der Waals surface area contributed by atoms with E-state index < -0.39 is 0 Å². The molecule has 1 aliphatic heterocycles. The molecule has 1 rings (SSSR count). The molecule has 1 fully saturated rings. The molecule has 0 aromatic rings. The van der Waals surface area contributed by atoms with Gasteiger partial charge in [0.25, 0.3) is 0 Å². The average Bonchev–Trinajstić information content (AvgIpc) is 2.51. The molecule has 26 heavy (non-hydrogen) atoms. The summed E-state index contributed by atoms with van der Waals surface area (Å²) >= 11 is 0. The molecule has 9 heteroatoms. The van der Waals surface area contributed by atoms with Crippen molar-refractivity contribution < 1.29 is 9.59 Å². The molecule has 1 heterocycles. The third kappa shape index (κ3) is 10.8. The summed E-state index contributed by atoms with van der Waals surface area (Å²) in [5.41, 5.74) is -0.250. The molecule has 3 N–H and O–H groups in total. The van der Waals surface area contributed by atoms with Gasteiger partial charge in [-0.3, -0.25) is 14.5 Å². The van der Waals surface area contributed by atoms with Crippen LogP contribution in [0.3, 0.4) is 0 Å². The van der Waals surface area contributed by atoms with Crippen molar-refractivity contribution in [1.82, 2.24) is 25.8 Å². The minimum absolute atomic E-state index is 0. The minimum Gasteiger partial charge on any atom is -0.357 e. The standard InChI is InChI=1S/C17H34N6O2.HI/c1-6-18-16(20-13-15(25)21-17(3,4)5)19-7-8-22-9-11-23(12-10-22)14(2)24;/h6-13H2,1-5H3,(H,21,25)(H2,18,19,20);1H. The number of piperazine rings is 1. The minimum atomic E-state index is -0.250. The van der Waals surface area contributed by atoms with Crippen LogP contribution in [-0.4, -0.2) is 85.5 Å². The molecule has 0 atom stereocenters. The first-order valence-corrected chi connectivity index (χ1v) is 9.02. The van der Waals surface area contributed by atoms with Gasteiger partial charge >= 0.3 is 0 Å². The highest BCUT2D eigenvalue weighted by molar-refractivity contribution is 14.0. The number of rotatable bonds is 6. The number of aliphatic imine (C=N–C) groups is 1. The van der Waals surface area contributed by atoms with Crippen LogP contribution in [0.5, 0.6) is 0 Å². The van der Waals surface area contributed by atoms with E-state index >= 15 is 0 Å². The SMILES string of the molecule is CCNC(=NCC(=O)NC(C)(C)C)NCCN1CCN(C(C)=O)CC1.I. The van der Waals surface area contributed by atoms with E-state index in [0.717, 1.165) is 45.8 Å². The maximum Gasteiger partial charge on any atom is 0.242 e. The molecule has 0 aromatic heterocycles. The third-order valence-electron chi connectivity index (χ3n) is 3.78. The van der Waals surface area contributed by atoms with Crippen LogP contribution in [0, 0.1) is 0 Å². The number of carbonyl (C=O) groups excluding carboxylic acids is 2. The van der Waals surface area contributed by atoms with Gasteiger partial charge in [0, 0.05) is 58.3 Å². The van der Waals surface area contributed by atoms with Gasteiger partial charge < -0.3 is 20.9 Å². The molecule has 0 aromatic carbocycles. The Labute approximate surface area is 174 Å². The second-order valence-corrected chi connectivity index (χ2v) is 7.27. The molecular weight excluding hydrogens is 447 g/mol. The molecule has 0 radical (unpaired) electrons. The van der Waals surface area contributed by atoms with Gasteiger partial charge in [0.05, 0.1) is 0 Å². The number of carbonyl (C=O) groups is 2. The predicted octanol–water partition coefficient (Wildman–Crippen LogP) is 0.238. The summed E-state index contributed by atoms with van der Waals surface area (Å²) in [4.78, 5) is 31.7. The Hall–Kier alpha value is -1.10. The quantitative estimate of drug-likeness (QED) is 0.287. The zero-order valence-electron chi connectivity index (χ0n) is 16.7. The molecule has 0 saturated carbocycles. The molecule has 1 aliphatic rings. The topological polar surface area (TPSA) is 89.1 Å². The highest BCUT2D eigenvalue weighted by atomic mass is 127. The maximum absolute atomic E-state index is 11.9. The normalized spacial score (nSPS) is 15.9. The summed E-state index contributed by atoms with van der Waals surface area (Å²) in [5, 5.41) is 9.30. The van der Waals surface area contributed by atoms with Gasteiger partial charge in [0.1, 0.15) is 6.54 Å². The van der Waals surface area contributed by atoms with E-state index in [1.807, 2.05) is 32.6 Å². The fourth-order valence-electron chi connectivity index (χ4n) is 2.57. The Kier molecular flexibility index (Phi) is 11.8. The maximum atomic E-state index is 11.9. The van der Waals surface area contributed by atoms with Gasteiger partial charge in [0.15, 0.2) is 5.96 Å². The Bertz CT molecular complexity index is 470.